The van der Waals surface area contributed by atoms with Crippen LogP contribution in [-0.2, 0) is 0 Å². The maximum absolute atomic E-state index is 9.34. The van der Waals surface area contributed by atoms with Crippen molar-refractivity contribution in [2.45, 2.75) is 6.10 Å². The Morgan fingerprint density at radius 3 is 3.08 bits per heavy atom. The Hall–Kier alpha value is -1.13. The normalized spacial score (nSPS) is 12.6. The number of ether oxygens (including phenoxy) is 1. The van der Waals surface area contributed by atoms with Crippen molar-refractivity contribution in [3.63, 3.8) is 0 Å². The molecule has 3 N–H and O–H groups in total. The Morgan fingerprint density at radius 2 is 2.50 bits per heavy atom. The second-order valence-electron chi connectivity index (χ2n) is 2.38. The van der Waals surface area contributed by atoms with Gasteiger partial charge in [0.05, 0.1) is 13.2 Å². The molecule has 0 bridgehead atoms. The van der Waals surface area contributed by atoms with Crippen LogP contribution in [0.25, 0.3) is 0 Å². The van der Waals surface area contributed by atoms with Crippen LogP contribution in [0.3, 0.4) is 0 Å². The summed E-state index contributed by atoms with van der Waals surface area (Å²) in [5.41, 5.74) is 6.01. The lowest BCUT2D eigenvalue weighted by molar-refractivity contribution is 0.186. The summed E-state index contributed by atoms with van der Waals surface area (Å²) in [5, 5.41) is 9.34. The molecule has 0 aliphatic carbocycles. The van der Waals surface area contributed by atoms with Gasteiger partial charge in [-0.3, -0.25) is 0 Å². The second kappa shape index (κ2) is 4.04. The van der Waals surface area contributed by atoms with Gasteiger partial charge in [-0.25, -0.2) is 4.98 Å². The minimum absolute atomic E-state index is 0.202. The lowest BCUT2D eigenvalue weighted by atomic mass is 10.1. The molecule has 0 unspecified atom stereocenters. The first-order chi connectivity index (χ1) is 5.77. The zero-order valence-corrected chi connectivity index (χ0v) is 6.90. The van der Waals surface area contributed by atoms with Gasteiger partial charge in [0.1, 0.15) is 0 Å². The summed E-state index contributed by atoms with van der Waals surface area (Å²) in [5.74, 6) is 0.486. The Morgan fingerprint density at radius 1 is 1.75 bits per heavy atom. The monoisotopic (exact) mass is 168 g/mol. The fourth-order valence-electron chi connectivity index (χ4n) is 0.880. The number of aliphatic hydroxyl groups is 1. The molecule has 0 fully saturated rings. The van der Waals surface area contributed by atoms with Gasteiger partial charge in [0, 0.05) is 18.8 Å². The number of hydrogen-bond donors (Lipinski definition) is 2. The van der Waals surface area contributed by atoms with Gasteiger partial charge in [0.2, 0.25) is 5.88 Å². The molecule has 0 saturated heterocycles. The molecule has 1 aromatic rings. The number of methoxy groups -OCH3 is 1. The van der Waals surface area contributed by atoms with E-state index < -0.39 is 6.10 Å². The molecule has 0 aliphatic heterocycles. The van der Waals surface area contributed by atoms with Crippen molar-refractivity contribution in [3.05, 3.63) is 23.9 Å². The van der Waals surface area contributed by atoms with E-state index in [4.69, 9.17) is 10.5 Å². The molecule has 66 valence electrons. The van der Waals surface area contributed by atoms with E-state index >= 15 is 0 Å². The first kappa shape index (κ1) is 8.96. The van der Waals surface area contributed by atoms with Gasteiger partial charge in [-0.15, -0.1) is 0 Å². The molecule has 0 spiro atoms. The summed E-state index contributed by atoms with van der Waals surface area (Å²) in [7, 11) is 1.53. The molecule has 4 nitrogen and oxygen atoms in total. The number of rotatable bonds is 3. The highest BCUT2D eigenvalue weighted by Crippen LogP contribution is 2.15. The predicted molar refractivity (Wildman–Crippen MR) is 44.8 cm³/mol. The fourth-order valence-corrected chi connectivity index (χ4v) is 0.880. The summed E-state index contributed by atoms with van der Waals surface area (Å²) in [4.78, 5) is 3.90. The largest absolute Gasteiger partial charge is 0.481 e. The van der Waals surface area contributed by atoms with E-state index in [1.165, 1.54) is 7.11 Å². The Kier molecular flexibility index (Phi) is 3.01. The van der Waals surface area contributed by atoms with Crippen LogP contribution in [0, 0.1) is 0 Å². The van der Waals surface area contributed by atoms with Crippen molar-refractivity contribution in [2.75, 3.05) is 13.7 Å². The molecule has 1 aromatic heterocycles. The molecule has 0 saturated carbocycles. The van der Waals surface area contributed by atoms with Crippen LogP contribution in [0.4, 0.5) is 0 Å². The standard InChI is InChI=1S/C8H12N2O2/c1-12-8-4-6(2-3-10-8)7(11)5-9/h2-4,7,11H,5,9H2,1H3/t7-/m1/s1. The van der Waals surface area contributed by atoms with Gasteiger partial charge in [-0.2, -0.15) is 0 Å². The van der Waals surface area contributed by atoms with Crippen LogP contribution in [0.15, 0.2) is 18.3 Å². The Balaban J connectivity index is 2.86. The molecule has 0 aromatic carbocycles. The van der Waals surface area contributed by atoms with Crippen molar-refractivity contribution in [1.29, 1.82) is 0 Å². The van der Waals surface area contributed by atoms with E-state index in [-0.39, 0.29) is 6.54 Å². The van der Waals surface area contributed by atoms with E-state index in [0.29, 0.717) is 5.88 Å². The summed E-state index contributed by atoms with van der Waals surface area (Å²) < 4.78 is 4.89. The SMILES string of the molecule is COc1cc([C@H](O)CN)ccn1. The quantitative estimate of drug-likeness (QED) is 0.670. The summed E-state index contributed by atoms with van der Waals surface area (Å²) in [6.45, 7) is 0.202. The summed E-state index contributed by atoms with van der Waals surface area (Å²) in [6, 6.07) is 3.37. The number of hydrogen-bond acceptors (Lipinski definition) is 4. The van der Waals surface area contributed by atoms with Gasteiger partial charge in [0.15, 0.2) is 0 Å². The molecular weight excluding hydrogens is 156 g/mol. The average Bonchev–Trinajstić information content (AvgIpc) is 2.17. The van der Waals surface area contributed by atoms with Gasteiger partial charge in [0.25, 0.3) is 0 Å². The van der Waals surface area contributed by atoms with E-state index in [2.05, 4.69) is 4.98 Å². The summed E-state index contributed by atoms with van der Waals surface area (Å²) >= 11 is 0. The summed E-state index contributed by atoms with van der Waals surface area (Å²) in [6.07, 6.45) is 0.939. The van der Waals surface area contributed by atoms with Crippen LogP contribution in [0.5, 0.6) is 5.88 Å². The molecule has 1 heterocycles. The highest BCUT2D eigenvalue weighted by molar-refractivity contribution is 5.22. The highest BCUT2D eigenvalue weighted by atomic mass is 16.5. The zero-order chi connectivity index (χ0) is 8.97. The molecule has 0 aliphatic rings. The first-order valence-corrected chi connectivity index (χ1v) is 3.66. The third kappa shape index (κ3) is 1.93. The zero-order valence-electron chi connectivity index (χ0n) is 6.90. The van der Waals surface area contributed by atoms with E-state index in [1.54, 1.807) is 18.3 Å². The third-order valence-electron chi connectivity index (χ3n) is 1.58. The fraction of sp³-hybridized carbons (Fsp3) is 0.375. The highest BCUT2D eigenvalue weighted by Gasteiger charge is 2.05. The van der Waals surface area contributed by atoms with Crippen molar-refractivity contribution < 1.29 is 9.84 Å². The molecular formula is C8H12N2O2. The van der Waals surface area contributed by atoms with Crippen LogP contribution in [0.2, 0.25) is 0 Å². The molecule has 1 rings (SSSR count). The average molecular weight is 168 g/mol. The first-order valence-electron chi connectivity index (χ1n) is 3.66. The molecule has 0 amide bonds. The van der Waals surface area contributed by atoms with Crippen LogP contribution in [0.1, 0.15) is 11.7 Å². The van der Waals surface area contributed by atoms with Crippen molar-refractivity contribution in [3.8, 4) is 5.88 Å². The topological polar surface area (TPSA) is 68.4 Å². The molecule has 1 atom stereocenters. The smallest absolute Gasteiger partial charge is 0.213 e. The van der Waals surface area contributed by atoms with Crippen molar-refractivity contribution in [1.82, 2.24) is 4.98 Å². The van der Waals surface area contributed by atoms with Gasteiger partial charge < -0.3 is 15.6 Å². The van der Waals surface area contributed by atoms with Crippen molar-refractivity contribution in [2.24, 2.45) is 5.73 Å². The minimum Gasteiger partial charge on any atom is -0.481 e. The number of aliphatic hydroxyl groups excluding tert-OH is 1. The van der Waals surface area contributed by atoms with Crippen LogP contribution >= 0.6 is 0 Å². The predicted octanol–water partition coefficient (Wildman–Crippen LogP) is 0.0823. The van der Waals surface area contributed by atoms with E-state index in [0.717, 1.165) is 5.56 Å². The van der Waals surface area contributed by atoms with Gasteiger partial charge in [-0.05, 0) is 11.6 Å². The minimum atomic E-state index is -0.637. The Bertz CT molecular complexity index is 253. The number of nitrogens with two attached hydrogens (primary N) is 1. The maximum Gasteiger partial charge on any atom is 0.213 e. The van der Waals surface area contributed by atoms with Crippen molar-refractivity contribution >= 4 is 0 Å². The van der Waals surface area contributed by atoms with Crippen LogP contribution < -0.4 is 10.5 Å². The van der Waals surface area contributed by atoms with Crippen LogP contribution in [-0.4, -0.2) is 23.7 Å². The number of aromatic nitrogens is 1. The van der Waals surface area contributed by atoms with E-state index in [1.807, 2.05) is 0 Å². The maximum atomic E-state index is 9.34. The van der Waals surface area contributed by atoms with Gasteiger partial charge in [-0.1, -0.05) is 0 Å². The third-order valence-corrected chi connectivity index (χ3v) is 1.58. The van der Waals surface area contributed by atoms with E-state index in [9.17, 15) is 5.11 Å². The lowest BCUT2D eigenvalue weighted by Crippen LogP contribution is -2.11. The number of nitrogens with zero attached hydrogens (tertiary/aromatic N) is 1. The van der Waals surface area contributed by atoms with Gasteiger partial charge >= 0.3 is 0 Å². The lowest BCUT2D eigenvalue weighted by Gasteiger charge is -2.07. The second-order valence-corrected chi connectivity index (χ2v) is 2.38. The molecule has 12 heavy (non-hydrogen) atoms. The Labute approximate surface area is 71.0 Å². The molecule has 4 heteroatoms. The number of pyridine rings is 1. The molecule has 0 radical (unpaired) electrons.